The zero-order valence-electron chi connectivity index (χ0n) is 35.5. The van der Waals surface area contributed by atoms with E-state index in [0.29, 0.717) is 24.1 Å². The van der Waals surface area contributed by atoms with Gasteiger partial charge in [0, 0.05) is 69.8 Å². The first kappa shape index (κ1) is 44.3. The second-order valence-electron chi connectivity index (χ2n) is 16.9. The minimum atomic E-state index is -4.86. The van der Waals surface area contributed by atoms with Crippen molar-refractivity contribution in [3.05, 3.63) is 117 Å². The molecule has 0 bridgehead atoms. The highest BCUT2D eigenvalue weighted by atomic mass is 32.1. The number of aromatic nitrogens is 3. The predicted octanol–water partition coefficient (Wildman–Crippen LogP) is 7.11. The zero-order valence-corrected chi connectivity index (χ0v) is 36.3. The molecule has 3 aromatic heterocycles. The first-order valence-electron chi connectivity index (χ1n) is 21.1. The summed E-state index contributed by atoms with van der Waals surface area (Å²) in [6, 6.07) is 15.5. The van der Waals surface area contributed by atoms with E-state index in [1.54, 1.807) is 6.07 Å². The quantitative estimate of drug-likeness (QED) is 0.109. The Kier molecular flexibility index (Phi) is 12.3. The lowest BCUT2D eigenvalue weighted by molar-refractivity contribution is -0.137. The number of pyridine rings is 3. The lowest BCUT2D eigenvalue weighted by Crippen LogP contribution is -2.48. The molecule has 3 aliphatic rings. The number of anilines is 4. The summed E-state index contributed by atoms with van der Waals surface area (Å²) in [5, 5.41) is 11.7. The van der Waals surface area contributed by atoms with Gasteiger partial charge in [0.1, 0.15) is 17.2 Å². The van der Waals surface area contributed by atoms with Gasteiger partial charge in [-0.2, -0.15) is 18.4 Å². The van der Waals surface area contributed by atoms with Gasteiger partial charge in [0.25, 0.3) is 17.4 Å². The van der Waals surface area contributed by atoms with E-state index < -0.39 is 40.5 Å². The van der Waals surface area contributed by atoms with Crippen molar-refractivity contribution in [1.82, 2.24) is 24.8 Å². The van der Waals surface area contributed by atoms with E-state index in [-0.39, 0.29) is 27.6 Å². The summed E-state index contributed by atoms with van der Waals surface area (Å²) in [7, 11) is 0. The van der Waals surface area contributed by atoms with Crippen LogP contribution in [0.15, 0.2) is 77.9 Å². The van der Waals surface area contributed by atoms with E-state index in [1.165, 1.54) is 49.2 Å². The highest BCUT2D eigenvalue weighted by Gasteiger charge is 2.51. The number of nitriles is 1. The Morgan fingerprint density at radius 3 is 2.31 bits per heavy atom. The second-order valence-corrected chi connectivity index (χ2v) is 17.3. The molecule has 8 rings (SSSR count). The second kappa shape index (κ2) is 17.7. The van der Waals surface area contributed by atoms with Gasteiger partial charge in [-0.25, -0.2) is 9.37 Å². The SMILES string of the molecule is CCc1cc2ncc(CN3CCN(CC4CCN(c5ccc(NC(=O)c6ccc(N7C(=S)N(c8ccc(C#N)c(C(F)(F)F)c8)C(=O)C7(C)C)cc6F)cn5)CC4)CC3)cc2[nH]c1=O. The Hall–Kier alpha value is -6.29. The van der Waals surface area contributed by atoms with Crippen LogP contribution in [0, 0.1) is 23.1 Å². The topological polar surface area (TPSA) is 145 Å². The Morgan fingerprint density at radius 1 is 0.938 bits per heavy atom. The molecule has 3 aliphatic heterocycles. The van der Waals surface area contributed by atoms with Crippen LogP contribution in [0.25, 0.3) is 11.0 Å². The molecule has 0 radical (unpaired) electrons. The van der Waals surface area contributed by atoms with Crippen molar-refractivity contribution in [2.45, 2.75) is 58.3 Å². The number of halogens is 4. The molecule has 6 heterocycles. The first-order chi connectivity index (χ1) is 30.5. The van der Waals surface area contributed by atoms with Gasteiger partial charge in [-0.05, 0) is 117 Å². The van der Waals surface area contributed by atoms with Crippen molar-refractivity contribution in [2.75, 3.05) is 65.8 Å². The number of fused-ring (bicyclic) bond motifs is 1. The molecule has 2 amide bonds. The molecule has 0 unspecified atom stereocenters. The maximum atomic E-state index is 15.7. The van der Waals surface area contributed by atoms with Crippen molar-refractivity contribution >= 4 is 63.1 Å². The standard InChI is InChI=1S/C46H46F4N10O3S/c1-4-30-20-38-39(55-41(30)61)19-29(24-52-38)27-57-17-15-56(16-18-57)26-28-11-13-58(14-12-28)40-10-6-32(25-53-40)54-42(62)35-9-8-34(22-37(35)47)60-44(64)59(43(63)45(60,2)3)33-7-5-31(23-51)36(21-33)46(48,49)50/h5-10,19-22,24-25,28H,4,11-18,26-27H2,1-3H3,(H,54,62)(H,55,61). The van der Waals surface area contributed by atoms with Gasteiger partial charge >= 0.3 is 6.18 Å². The number of rotatable bonds is 10. The van der Waals surface area contributed by atoms with E-state index in [0.717, 1.165) is 110 Å². The summed E-state index contributed by atoms with van der Waals surface area (Å²) in [4.78, 5) is 60.7. The summed E-state index contributed by atoms with van der Waals surface area (Å²) in [5.41, 5.74) is 0.0771. The van der Waals surface area contributed by atoms with E-state index in [4.69, 9.17) is 12.2 Å². The molecule has 2 N–H and O–H groups in total. The Bertz CT molecular complexity index is 2720. The van der Waals surface area contributed by atoms with Crippen molar-refractivity contribution in [2.24, 2.45) is 5.92 Å². The number of benzene rings is 2. The number of nitrogens with zero attached hydrogens (tertiary/aromatic N) is 8. The monoisotopic (exact) mass is 894 g/mol. The third kappa shape index (κ3) is 8.92. The largest absolute Gasteiger partial charge is 0.417 e. The van der Waals surface area contributed by atoms with E-state index in [1.807, 2.05) is 31.3 Å². The Balaban J connectivity index is 0.819. The molecule has 3 saturated heterocycles. The number of nitrogens with one attached hydrogen (secondary N) is 2. The van der Waals surface area contributed by atoms with Crippen LogP contribution in [-0.4, -0.2) is 93.0 Å². The minimum Gasteiger partial charge on any atom is -0.357 e. The number of carbonyl (C=O) groups excluding carboxylic acids is 2. The van der Waals surface area contributed by atoms with Gasteiger partial charge in [0.05, 0.1) is 51.4 Å². The van der Waals surface area contributed by atoms with Crippen LogP contribution in [0.1, 0.15) is 66.2 Å². The number of amides is 2. The molecule has 0 spiro atoms. The smallest absolute Gasteiger partial charge is 0.357 e. The molecule has 2 aromatic carbocycles. The molecule has 64 heavy (non-hydrogen) atoms. The van der Waals surface area contributed by atoms with Crippen molar-refractivity contribution in [3.8, 4) is 6.07 Å². The van der Waals surface area contributed by atoms with Gasteiger partial charge in [-0.15, -0.1) is 0 Å². The number of aromatic amines is 1. The molecule has 0 atom stereocenters. The number of alkyl halides is 3. The van der Waals surface area contributed by atoms with Crippen molar-refractivity contribution < 1.29 is 27.2 Å². The number of aryl methyl sites for hydroxylation is 1. The van der Waals surface area contributed by atoms with Crippen LogP contribution < -0.4 is 25.6 Å². The fraction of sp³-hybridized carbons (Fsp3) is 0.370. The van der Waals surface area contributed by atoms with Crippen molar-refractivity contribution in [3.63, 3.8) is 0 Å². The third-order valence-electron chi connectivity index (χ3n) is 12.3. The van der Waals surface area contributed by atoms with Crippen LogP contribution in [0.2, 0.25) is 0 Å². The summed E-state index contributed by atoms with van der Waals surface area (Å²) in [6.07, 6.45) is 1.29. The normalized spacial score (nSPS) is 17.6. The van der Waals surface area contributed by atoms with E-state index in [2.05, 4.69) is 35.0 Å². The third-order valence-corrected chi connectivity index (χ3v) is 12.7. The van der Waals surface area contributed by atoms with Gasteiger partial charge in [0.2, 0.25) is 0 Å². The summed E-state index contributed by atoms with van der Waals surface area (Å²) < 4.78 is 56.9. The van der Waals surface area contributed by atoms with Gasteiger partial charge in [-0.3, -0.25) is 29.2 Å². The maximum Gasteiger partial charge on any atom is 0.417 e. The number of H-pyrrole nitrogens is 1. The number of hydrogen-bond donors (Lipinski definition) is 2. The zero-order chi connectivity index (χ0) is 45.5. The number of thiocarbonyl (C=S) groups is 1. The van der Waals surface area contributed by atoms with E-state index >= 15 is 4.39 Å². The Morgan fingerprint density at radius 2 is 1.66 bits per heavy atom. The molecule has 13 nitrogen and oxygen atoms in total. The van der Waals surface area contributed by atoms with E-state index in [9.17, 15) is 32.8 Å². The number of piperazine rings is 1. The first-order valence-corrected chi connectivity index (χ1v) is 21.5. The molecule has 0 aliphatic carbocycles. The number of piperidine rings is 1. The van der Waals surface area contributed by atoms with Crippen LogP contribution in [0.3, 0.4) is 0 Å². The molecule has 332 valence electrons. The molecular weight excluding hydrogens is 849 g/mol. The molecule has 3 fully saturated rings. The fourth-order valence-corrected chi connectivity index (χ4v) is 9.27. The number of carbonyl (C=O) groups is 2. The van der Waals surface area contributed by atoms with Crippen molar-refractivity contribution in [1.29, 1.82) is 5.26 Å². The Labute approximate surface area is 372 Å². The predicted molar refractivity (Wildman–Crippen MR) is 240 cm³/mol. The minimum absolute atomic E-state index is 0.0545. The average molecular weight is 895 g/mol. The lowest BCUT2D eigenvalue weighted by atomic mass is 9.96. The van der Waals surface area contributed by atoms with Crippen LogP contribution in [0.5, 0.6) is 0 Å². The van der Waals surface area contributed by atoms with Crippen LogP contribution in [-0.2, 0) is 23.9 Å². The molecule has 0 saturated carbocycles. The molecule has 18 heteroatoms. The van der Waals surface area contributed by atoms with Crippen LogP contribution >= 0.6 is 12.2 Å². The van der Waals surface area contributed by atoms with Gasteiger partial charge in [0.15, 0.2) is 5.11 Å². The highest BCUT2D eigenvalue weighted by Crippen LogP contribution is 2.40. The maximum absolute atomic E-state index is 15.7. The summed E-state index contributed by atoms with van der Waals surface area (Å²) in [6.45, 7) is 12.4. The van der Waals surface area contributed by atoms with Crippen LogP contribution in [0.4, 0.5) is 40.4 Å². The number of hydrogen-bond acceptors (Lipinski definition) is 10. The summed E-state index contributed by atoms with van der Waals surface area (Å²) >= 11 is 5.56. The van der Waals surface area contributed by atoms with Gasteiger partial charge < -0.3 is 25.0 Å². The molecular formula is C46H46F4N10O3S. The van der Waals surface area contributed by atoms with Gasteiger partial charge in [-0.1, -0.05) is 6.92 Å². The fourth-order valence-electron chi connectivity index (χ4n) is 8.75. The highest BCUT2D eigenvalue weighted by molar-refractivity contribution is 7.81. The lowest BCUT2D eigenvalue weighted by Gasteiger charge is -2.39. The molecule has 5 aromatic rings. The summed E-state index contributed by atoms with van der Waals surface area (Å²) in [5.74, 6) is -0.954. The average Bonchev–Trinajstić information content (AvgIpc) is 3.45.